The first-order valence-corrected chi connectivity index (χ1v) is 17.9. The summed E-state index contributed by atoms with van der Waals surface area (Å²) in [6.07, 6.45) is 10.6. The zero-order chi connectivity index (χ0) is 36.3. The van der Waals surface area contributed by atoms with Crippen molar-refractivity contribution in [3.63, 3.8) is 0 Å². The van der Waals surface area contributed by atoms with Gasteiger partial charge in [0.25, 0.3) is 0 Å². The summed E-state index contributed by atoms with van der Waals surface area (Å²) in [5.74, 6) is -3.88. The van der Waals surface area contributed by atoms with Crippen molar-refractivity contribution in [3.05, 3.63) is 12.2 Å². The molecule has 0 aromatic carbocycles. The van der Waals surface area contributed by atoms with Crippen LogP contribution in [0.1, 0.15) is 104 Å². The number of carbonyl (C=O) groups is 6. The third-order valence-electron chi connectivity index (χ3n) is 9.06. The normalized spacial score (nSPS) is 24.6. The number of carboxylic acids is 1. The zero-order valence-corrected chi connectivity index (χ0v) is 29.2. The summed E-state index contributed by atoms with van der Waals surface area (Å²) >= 11 is 0. The van der Waals surface area contributed by atoms with E-state index in [-0.39, 0.29) is 37.5 Å². The fourth-order valence-corrected chi connectivity index (χ4v) is 6.21. The molecule has 6 atom stereocenters. The molecule has 0 aromatic rings. The number of nitrogens with two attached hydrogens (primary N) is 3. The van der Waals surface area contributed by atoms with E-state index in [1.807, 2.05) is 13.8 Å². The van der Waals surface area contributed by atoms with Gasteiger partial charge in [0, 0.05) is 0 Å². The Morgan fingerprint density at radius 2 is 1.37 bits per heavy atom. The lowest BCUT2D eigenvalue weighted by atomic mass is 9.96. The van der Waals surface area contributed by atoms with E-state index >= 15 is 0 Å². The molecule has 0 saturated heterocycles. The Morgan fingerprint density at radius 1 is 0.816 bits per heavy atom. The molecule has 15 nitrogen and oxygen atoms in total. The Hall–Kier alpha value is -3.56. The van der Waals surface area contributed by atoms with Gasteiger partial charge >= 0.3 is 5.97 Å². The van der Waals surface area contributed by atoms with Gasteiger partial charge in [0.15, 0.2) is 0 Å². The van der Waals surface area contributed by atoms with Crippen LogP contribution in [0.2, 0.25) is 0 Å². The molecule has 0 spiro atoms. The molecule has 1 aliphatic carbocycles. The van der Waals surface area contributed by atoms with Crippen LogP contribution in [-0.4, -0.2) is 90.0 Å². The fraction of sp³-hybridized carbons (Fsp3) is 0.765. The molecule has 2 aliphatic rings. The number of rotatable bonds is 17. The van der Waals surface area contributed by atoms with Crippen LogP contribution < -0.4 is 43.8 Å². The maximum Gasteiger partial charge on any atom is 0.326 e. The Balaban J connectivity index is 2.37. The van der Waals surface area contributed by atoms with Gasteiger partial charge in [0.05, 0.1) is 6.04 Å². The maximum atomic E-state index is 13.9. The van der Waals surface area contributed by atoms with Crippen LogP contribution in [0.3, 0.4) is 0 Å². The zero-order valence-electron chi connectivity index (χ0n) is 29.2. The second-order valence-corrected chi connectivity index (χ2v) is 13.8. The van der Waals surface area contributed by atoms with E-state index in [0.717, 1.165) is 25.7 Å². The summed E-state index contributed by atoms with van der Waals surface area (Å²) in [6, 6.07) is -6.22. The second-order valence-electron chi connectivity index (χ2n) is 13.8. The molecule has 15 heteroatoms. The van der Waals surface area contributed by atoms with E-state index in [0.29, 0.717) is 51.6 Å². The van der Waals surface area contributed by atoms with Crippen molar-refractivity contribution in [1.82, 2.24) is 26.6 Å². The smallest absolute Gasteiger partial charge is 0.326 e. The van der Waals surface area contributed by atoms with Gasteiger partial charge in [-0.05, 0) is 89.1 Å². The topological polar surface area (TPSA) is 261 Å². The monoisotopic (exact) mass is 692 g/mol. The molecule has 1 fully saturated rings. The van der Waals surface area contributed by atoms with Crippen LogP contribution >= 0.6 is 0 Å². The van der Waals surface area contributed by atoms with E-state index in [2.05, 4.69) is 26.6 Å². The molecule has 2 rings (SSSR count). The second kappa shape index (κ2) is 22.2. The molecule has 12 N–H and O–H groups in total. The maximum absolute atomic E-state index is 13.9. The van der Waals surface area contributed by atoms with Gasteiger partial charge in [-0.3, -0.25) is 24.0 Å². The molecular weight excluding hydrogens is 632 g/mol. The summed E-state index contributed by atoms with van der Waals surface area (Å²) in [5, 5.41) is 23.4. The number of amides is 5. The Labute approximate surface area is 290 Å². The Kier molecular flexibility index (Phi) is 18.9. The van der Waals surface area contributed by atoms with Gasteiger partial charge in [-0.1, -0.05) is 51.7 Å². The standard InChI is InChI=1S/C34H60N8O7/c1-21(2)19-28(34(48)49)42-33(47)27(20-22-11-3-4-12-22)41-32(46)25-14-6-5-13-23(37)29(43)38-24(15-7-9-17-35)30(44)40-26(31(45)39-25)16-8-10-18-36/h5-6,21-28H,3-4,7-20,35-37H2,1-2H3,(H,38,43)(H,39,45)(H,40,44)(H,41,46)(H,42,47)(H,48,49)/b6-5+/t23-,24-,25-,26-,27-,28-/m0/s1. The number of nitrogens with one attached hydrogen (secondary N) is 5. The predicted molar refractivity (Wildman–Crippen MR) is 185 cm³/mol. The summed E-state index contributed by atoms with van der Waals surface area (Å²) in [7, 11) is 0. The molecule has 5 amide bonds. The lowest BCUT2D eigenvalue weighted by Gasteiger charge is -2.28. The van der Waals surface area contributed by atoms with E-state index in [1.165, 1.54) is 0 Å². The van der Waals surface area contributed by atoms with Crippen molar-refractivity contribution < 1.29 is 33.9 Å². The molecule has 0 aromatic heterocycles. The van der Waals surface area contributed by atoms with Gasteiger partial charge in [-0.15, -0.1) is 0 Å². The average molecular weight is 693 g/mol. The number of hydrogen-bond donors (Lipinski definition) is 9. The molecule has 1 heterocycles. The fourth-order valence-electron chi connectivity index (χ4n) is 6.21. The Bertz CT molecular complexity index is 1130. The van der Waals surface area contributed by atoms with Crippen LogP contribution in [0.25, 0.3) is 0 Å². The number of carbonyl (C=O) groups excluding carboxylic acids is 5. The van der Waals surface area contributed by atoms with E-state index in [1.54, 1.807) is 12.2 Å². The highest BCUT2D eigenvalue weighted by Gasteiger charge is 2.34. The van der Waals surface area contributed by atoms with Crippen LogP contribution in [0.15, 0.2) is 12.2 Å². The van der Waals surface area contributed by atoms with Gasteiger partial charge in [-0.25, -0.2) is 4.79 Å². The number of aliphatic carboxylic acids is 1. The third kappa shape index (κ3) is 15.3. The number of carboxylic acid groups (broad SMARTS) is 1. The van der Waals surface area contributed by atoms with E-state index < -0.39 is 71.8 Å². The summed E-state index contributed by atoms with van der Waals surface area (Å²) in [5.41, 5.74) is 17.4. The van der Waals surface area contributed by atoms with Crippen molar-refractivity contribution >= 4 is 35.5 Å². The molecular formula is C34H60N8O7. The van der Waals surface area contributed by atoms with Gasteiger partial charge in [-0.2, -0.15) is 0 Å². The molecule has 1 saturated carbocycles. The predicted octanol–water partition coefficient (Wildman–Crippen LogP) is 0.0567. The van der Waals surface area contributed by atoms with Crippen LogP contribution in [0.4, 0.5) is 0 Å². The lowest BCUT2D eigenvalue weighted by Crippen LogP contribution is -2.59. The lowest BCUT2D eigenvalue weighted by molar-refractivity contribution is -0.143. The molecule has 49 heavy (non-hydrogen) atoms. The molecule has 0 bridgehead atoms. The molecule has 0 radical (unpaired) electrons. The SMILES string of the molecule is CC(C)C[C@H](NC(=O)[C@H](CC1CCCC1)NC(=O)[C@@H]1C/C=C/C[C@H](N)C(=O)N[C@@H](CCCCN)C(=O)N[C@@H](CCCCN)C(=O)N1)C(=O)O. The van der Waals surface area contributed by atoms with E-state index in [9.17, 15) is 33.9 Å². The molecule has 278 valence electrons. The van der Waals surface area contributed by atoms with Crippen molar-refractivity contribution in [2.24, 2.45) is 29.0 Å². The minimum atomic E-state index is -1.16. The number of unbranched alkanes of at least 4 members (excludes halogenated alkanes) is 2. The molecule has 1 aliphatic heterocycles. The summed E-state index contributed by atoms with van der Waals surface area (Å²) < 4.78 is 0. The van der Waals surface area contributed by atoms with Crippen LogP contribution in [0.5, 0.6) is 0 Å². The van der Waals surface area contributed by atoms with Crippen molar-refractivity contribution in [2.45, 2.75) is 140 Å². The first-order valence-electron chi connectivity index (χ1n) is 17.9. The van der Waals surface area contributed by atoms with Crippen LogP contribution in [0, 0.1) is 11.8 Å². The molecule has 0 unspecified atom stereocenters. The quantitative estimate of drug-likeness (QED) is 0.0731. The highest BCUT2D eigenvalue weighted by Crippen LogP contribution is 2.29. The summed E-state index contributed by atoms with van der Waals surface area (Å²) in [4.78, 5) is 79.3. The third-order valence-corrected chi connectivity index (χ3v) is 9.06. The van der Waals surface area contributed by atoms with Crippen molar-refractivity contribution in [1.29, 1.82) is 0 Å². The van der Waals surface area contributed by atoms with Crippen LogP contribution in [-0.2, 0) is 28.8 Å². The van der Waals surface area contributed by atoms with E-state index in [4.69, 9.17) is 17.2 Å². The van der Waals surface area contributed by atoms with Gasteiger partial charge < -0.3 is 48.9 Å². The first-order chi connectivity index (χ1) is 23.4. The van der Waals surface area contributed by atoms with Crippen molar-refractivity contribution in [2.75, 3.05) is 13.1 Å². The number of hydrogen-bond acceptors (Lipinski definition) is 9. The largest absolute Gasteiger partial charge is 0.480 e. The minimum Gasteiger partial charge on any atom is -0.480 e. The van der Waals surface area contributed by atoms with Gasteiger partial charge in [0.1, 0.15) is 30.2 Å². The minimum absolute atomic E-state index is 0.00898. The summed E-state index contributed by atoms with van der Waals surface area (Å²) in [6.45, 7) is 4.52. The highest BCUT2D eigenvalue weighted by atomic mass is 16.4. The average Bonchev–Trinajstić information content (AvgIpc) is 3.56. The first kappa shape index (κ1) is 41.6. The highest BCUT2D eigenvalue weighted by molar-refractivity contribution is 5.96. The van der Waals surface area contributed by atoms with Gasteiger partial charge in [0.2, 0.25) is 29.5 Å². The Morgan fingerprint density at radius 3 is 1.92 bits per heavy atom. The van der Waals surface area contributed by atoms with Crippen molar-refractivity contribution in [3.8, 4) is 0 Å².